The van der Waals surface area contributed by atoms with Crippen LogP contribution in [0.15, 0.2) is 16.6 Å². The van der Waals surface area contributed by atoms with Crippen molar-refractivity contribution in [2.75, 3.05) is 11.9 Å². The molecule has 0 aliphatic rings. The number of nitrogens with one attached hydrogen (secondary N) is 1. The fourth-order valence-corrected chi connectivity index (χ4v) is 2.25. The molecular formula is C16H21BrFNO2S. The molecule has 0 fully saturated rings. The molecule has 22 heavy (non-hydrogen) atoms. The molecule has 122 valence electrons. The van der Waals surface area contributed by atoms with Crippen LogP contribution in [0.3, 0.4) is 0 Å². The van der Waals surface area contributed by atoms with Gasteiger partial charge < -0.3 is 10.1 Å². The highest BCUT2D eigenvalue weighted by atomic mass is 79.9. The molecule has 6 heteroatoms. The minimum Gasteiger partial charge on any atom is -0.486 e. The van der Waals surface area contributed by atoms with Crippen LogP contribution >= 0.6 is 28.1 Å². The number of thiocarbonyl (C=S) groups is 1. The van der Waals surface area contributed by atoms with Gasteiger partial charge in [0.25, 0.3) is 0 Å². The van der Waals surface area contributed by atoms with Crippen molar-refractivity contribution in [1.29, 1.82) is 0 Å². The van der Waals surface area contributed by atoms with Gasteiger partial charge in [-0.15, -0.1) is 0 Å². The molecule has 3 nitrogen and oxygen atoms in total. The number of amides is 1. The van der Waals surface area contributed by atoms with Crippen LogP contribution in [0.4, 0.5) is 10.1 Å². The monoisotopic (exact) mass is 389 g/mol. The quantitative estimate of drug-likeness (QED) is 0.714. The molecule has 1 N–H and O–H groups in total. The Kier molecular flexibility index (Phi) is 7.42. The Morgan fingerprint density at radius 3 is 2.55 bits per heavy atom. The number of benzene rings is 1. The highest BCUT2D eigenvalue weighted by molar-refractivity contribution is 9.10. The van der Waals surface area contributed by atoms with E-state index in [4.69, 9.17) is 17.0 Å². The molecule has 0 atom stereocenters. The zero-order chi connectivity index (χ0) is 16.9. The van der Waals surface area contributed by atoms with Gasteiger partial charge in [0.05, 0.1) is 12.3 Å². The molecule has 1 amide bonds. The highest BCUT2D eigenvalue weighted by Gasteiger charge is 2.14. The lowest BCUT2D eigenvalue weighted by Gasteiger charge is -2.14. The number of rotatable bonds is 6. The summed E-state index contributed by atoms with van der Waals surface area (Å²) in [4.78, 5) is 11.7. The first-order valence-corrected chi connectivity index (χ1v) is 8.35. The second-order valence-corrected chi connectivity index (χ2v) is 7.13. The van der Waals surface area contributed by atoms with Crippen molar-refractivity contribution in [3.05, 3.63) is 28.0 Å². The van der Waals surface area contributed by atoms with Crippen molar-refractivity contribution >= 4 is 44.8 Å². The highest BCUT2D eigenvalue weighted by Crippen LogP contribution is 2.26. The van der Waals surface area contributed by atoms with Crippen molar-refractivity contribution in [2.24, 2.45) is 11.8 Å². The average molecular weight is 390 g/mol. The van der Waals surface area contributed by atoms with E-state index in [1.807, 2.05) is 13.8 Å². The Bertz CT molecular complexity index is 561. The maximum atomic E-state index is 13.9. The van der Waals surface area contributed by atoms with E-state index in [1.165, 1.54) is 6.07 Å². The number of hydrogen-bond acceptors (Lipinski definition) is 3. The molecule has 0 saturated carbocycles. The van der Waals surface area contributed by atoms with Gasteiger partial charge in [0.1, 0.15) is 5.82 Å². The van der Waals surface area contributed by atoms with E-state index in [1.54, 1.807) is 19.9 Å². The predicted molar refractivity (Wildman–Crippen MR) is 94.7 cm³/mol. The number of hydrogen-bond donors (Lipinski definition) is 1. The summed E-state index contributed by atoms with van der Waals surface area (Å²) in [5.74, 6) is -0.554. The summed E-state index contributed by atoms with van der Waals surface area (Å²) < 4.78 is 20.0. The molecular weight excluding hydrogens is 369 g/mol. The molecule has 1 rings (SSSR count). The Morgan fingerprint density at radius 1 is 1.36 bits per heavy atom. The minimum absolute atomic E-state index is 0.156. The number of halogens is 2. The zero-order valence-electron chi connectivity index (χ0n) is 13.2. The number of ether oxygens (including phenoxy) is 1. The van der Waals surface area contributed by atoms with E-state index in [9.17, 15) is 9.18 Å². The van der Waals surface area contributed by atoms with Gasteiger partial charge in [-0.1, -0.05) is 43.6 Å². The van der Waals surface area contributed by atoms with Gasteiger partial charge in [-0.2, -0.15) is 0 Å². The fraction of sp³-hybridized carbons (Fsp3) is 0.500. The third kappa shape index (κ3) is 6.01. The van der Waals surface area contributed by atoms with Gasteiger partial charge >= 0.3 is 0 Å². The minimum atomic E-state index is -0.487. The lowest BCUT2D eigenvalue weighted by molar-refractivity contribution is -0.118. The predicted octanol–water partition coefficient (Wildman–Crippen LogP) is 4.73. The Hall–Kier alpha value is -1.01. The smallest absolute Gasteiger partial charge is 0.227 e. The van der Waals surface area contributed by atoms with E-state index >= 15 is 0 Å². The second-order valence-electron chi connectivity index (χ2n) is 5.82. The largest absolute Gasteiger partial charge is 0.486 e. The van der Waals surface area contributed by atoms with Crippen molar-refractivity contribution in [3.63, 3.8) is 0 Å². The molecule has 0 spiro atoms. The van der Waals surface area contributed by atoms with Crippen molar-refractivity contribution in [1.82, 2.24) is 0 Å². The van der Waals surface area contributed by atoms with Gasteiger partial charge in [-0.25, -0.2) is 4.39 Å². The SMILES string of the molecule is CC(C)COC(=S)Cc1cc(NC(=O)C(C)C)c(F)cc1Br. The molecule has 0 aliphatic heterocycles. The van der Waals surface area contributed by atoms with Gasteiger partial charge in [-0.3, -0.25) is 4.79 Å². The summed E-state index contributed by atoms with van der Waals surface area (Å²) in [5.41, 5.74) is 0.928. The van der Waals surface area contributed by atoms with E-state index in [0.717, 1.165) is 5.56 Å². The normalized spacial score (nSPS) is 10.9. The first kappa shape index (κ1) is 19.0. The number of carbonyl (C=O) groups is 1. The zero-order valence-corrected chi connectivity index (χ0v) is 15.6. The van der Waals surface area contributed by atoms with Gasteiger partial charge in [-0.05, 0) is 35.8 Å². The van der Waals surface area contributed by atoms with Crippen molar-refractivity contribution < 1.29 is 13.9 Å². The summed E-state index contributed by atoms with van der Waals surface area (Å²) in [6.07, 6.45) is 0.382. The molecule has 0 heterocycles. The molecule has 0 saturated heterocycles. The summed E-state index contributed by atoms with van der Waals surface area (Å²) in [6, 6.07) is 2.92. The molecule has 0 radical (unpaired) electrons. The summed E-state index contributed by atoms with van der Waals surface area (Å²) >= 11 is 8.51. The maximum absolute atomic E-state index is 13.9. The molecule has 0 aromatic heterocycles. The lowest BCUT2D eigenvalue weighted by atomic mass is 10.1. The Labute approximate surface area is 144 Å². The Morgan fingerprint density at radius 2 is 2.00 bits per heavy atom. The number of carbonyl (C=O) groups excluding carboxylic acids is 1. The van der Waals surface area contributed by atoms with Crippen LogP contribution in [0.2, 0.25) is 0 Å². The average Bonchev–Trinajstić information content (AvgIpc) is 2.41. The van der Waals surface area contributed by atoms with Gasteiger partial charge in [0, 0.05) is 16.8 Å². The van der Waals surface area contributed by atoms with Crippen LogP contribution in [0, 0.1) is 17.7 Å². The first-order valence-electron chi connectivity index (χ1n) is 7.15. The second kappa shape index (κ2) is 8.58. The molecule has 1 aromatic carbocycles. The van der Waals surface area contributed by atoms with Gasteiger partial charge in [0.15, 0.2) is 5.05 Å². The van der Waals surface area contributed by atoms with Crippen molar-refractivity contribution in [2.45, 2.75) is 34.1 Å². The summed E-state index contributed by atoms with van der Waals surface area (Å²) in [7, 11) is 0. The number of anilines is 1. The van der Waals surface area contributed by atoms with E-state index in [-0.39, 0.29) is 17.5 Å². The van der Waals surface area contributed by atoms with E-state index < -0.39 is 5.82 Å². The van der Waals surface area contributed by atoms with Crippen LogP contribution in [0.25, 0.3) is 0 Å². The van der Waals surface area contributed by atoms with Crippen LogP contribution in [-0.2, 0) is 16.0 Å². The lowest BCUT2D eigenvalue weighted by Crippen LogP contribution is -2.19. The van der Waals surface area contributed by atoms with Crippen molar-refractivity contribution in [3.8, 4) is 0 Å². The fourth-order valence-electron chi connectivity index (χ4n) is 1.57. The molecule has 0 unspecified atom stereocenters. The van der Waals surface area contributed by atoms with Crippen LogP contribution in [-0.4, -0.2) is 17.6 Å². The van der Waals surface area contributed by atoms with E-state index in [2.05, 4.69) is 21.2 Å². The van der Waals surface area contributed by atoms with Gasteiger partial charge in [0.2, 0.25) is 5.91 Å². The summed E-state index contributed by atoms with van der Waals surface area (Å²) in [6.45, 7) is 8.13. The molecule has 1 aromatic rings. The first-order chi connectivity index (χ1) is 10.2. The Balaban J connectivity index is 2.87. The third-order valence-electron chi connectivity index (χ3n) is 2.83. The van der Waals surface area contributed by atoms with Crippen LogP contribution in [0.5, 0.6) is 0 Å². The topological polar surface area (TPSA) is 38.3 Å². The van der Waals surface area contributed by atoms with Crippen LogP contribution in [0.1, 0.15) is 33.3 Å². The molecule has 0 bridgehead atoms. The van der Waals surface area contributed by atoms with Crippen LogP contribution < -0.4 is 5.32 Å². The molecule has 0 aliphatic carbocycles. The standard InChI is InChI=1S/C16H21BrFNO2S/c1-9(2)8-21-15(22)6-11-5-14(13(18)7-12(11)17)19-16(20)10(3)4/h5,7,9-10H,6,8H2,1-4H3,(H,19,20). The van der Waals surface area contributed by atoms with E-state index in [0.29, 0.717) is 28.5 Å². The third-order valence-corrected chi connectivity index (χ3v) is 3.83. The summed E-state index contributed by atoms with van der Waals surface area (Å²) in [5, 5.41) is 3.03. The maximum Gasteiger partial charge on any atom is 0.227 e.